The molecule has 0 bridgehead atoms. The Labute approximate surface area is 222 Å². The van der Waals surface area contributed by atoms with E-state index in [1.807, 2.05) is 30.3 Å². The number of fused-ring (bicyclic) bond motifs is 1. The summed E-state index contributed by atoms with van der Waals surface area (Å²) < 4.78 is 22.9. The Morgan fingerprint density at radius 1 is 0.921 bits per heavy atom. The summed E-state index contributed by atoms with van der Waals surface area (Å²) in [6.45, 7) is 0.681. The molecule has 4 aromatic rings. The van der Waals surface area contributed by atoms with Crippen LogP contribution >= 0.6 is 0 Å². The van der Waals surface area contributed by atoms with Gasteiger partial charge in [0.2, 0.25) is 5.95 Å². The van der Waals surface area contributed by atoms with Gasteiger partial charge in [-0.1, -0.05) is 67.1 Å². The molecule has 190 valence electrons. The van der Waals surface area contributed by atoms with Crippen molar-refractivity contribution in [1.29, 1.82) is 5.26 Å². The second-order valence-corrected chi connectivity index (χ2v) is 10.2. The van der Waals surface area contributed by atoms with Gasteiger partial charge >= 0.3 is 0 Å². The first-order chi connectivity index (χ1) is 18.7. The molecule has 1 saturated carbocycles. The predicted molar refractivity (Wildman–Crippen MR) is 149 cm³/mol. The fourth-order valence-electron chi connectivity index (χ4n) is 5.67. The van der Waals surface area contributed by atoms with E-state index in [0.29, 0.717) is 17.9 Å². The van der Waals surface area contributed by atoms with Crippen molar-refractivity contribution in [2.75, 3.05) is 6.61 Å². The van der Waals surface area contributed by atoms with E-state index in [4.69, 9.17) is 10.00 Å². The first-order valence-corrected chi connectivity index (χ1v) is 13.5. The highest BCUT2D eigenvalue weighted by molar-refractivity contribution is 6.01. The molecule has 1 saturated heterocycles. The summed E-state index contributed by atoms with van der Waals surface area (Å²) in [4.78, 5) is 0. The summed E-state index contributed by atoms with van der Waals surface area (Å²) in [5.41, 5.74) is 7.42. The molecule has 38 heavy (non-hydrogen) atoms. The van der Waals surface area contributed by atoms with Crippen LogP contribution in [0.25, 0.3) is 28.1 Å². The van der Waals surface area contributed by atoms with Crippen LogP contribution < -0.4 is 0 Å². The number of rotatable bonds is 6. The van der Waals surface area contributed by atoms with Crippen LogP contribution in [0.15, 0.2) is 78.9 Å². The number of allylic oxidation sites excluding steroid dienone is 2. The molecule has 2 aliphatic rings. The van der Waals surface area contributed by atoms with Gasteiger partial charge < -0.3 is 4.74 Å². The normalized spacial score (nSPS) is 18.8. The van der Waals surface area contributed by atoms with Gasteiger partial charge in [0, 0.05) is 12.7 Å². The van der Waals surface area contributed by atoms with Crippen molar-refractivity contribution >= 4 is 28.1 Å². The van der Waals surface area contributed by atoms with E-state index in [0.717, 1.165) is 59.9 Å². The van der Waals surface area contributed by atoms with Crippen molar-refractivity contribution < 1.29 is 9.13 Å². The summed E-state index contributed by atoms with van der Waals surface area (Å²) >= 11 is 0. The van der Waals surface area contributed by atoms with Gasteiger partial charge in [0.05, 0.1) is 17.0 Å². The molecule has 2 fully saturated rings. The molecule has 5 heteroatoms. The fourth-order valence-corrected chi connectivity index (χ4v) is 5.67. The molecule has 0 N–H and O–H groups in total. The Hall–Kier alpha value is -4.01. The molecule has 2 heterocycles. The number of benzene rings is 3. The highest BCUT2D eigenvalue weighted by Gasteiger charge is 2.28. The molecule has 0 spiro atoms. The van der Waals surface area contributed by atoms with Crippen molar-refractivity contribution in [1.82, 2.24) is 9.78 Å². The zero-order valence-electron chi connectivity index (χ0n) is 21.3. The van der Waals surface area contributed by atoms with Crippen LogP contribution in [0.1, 0.15) is 67.0 Å². The molecule has 0 radical (unpaired) electrons. The summed E-state index contributed by atoms with van der Waals surface area (Å²) in [6.07, 6.45) is 9.50. The number of aromatic nitrogens is 2. The van der Waals surface area contributed by atoms with E-state index < -0.39 is 5.95 Å². The molecule has 1 unspecified atom stereocenters. The first kappa shape index (κ1) is 24.3. The van der Waals surface area contributed by atoms with Crippen LogP contribution in [0, 0.1) is 23.2 Å². The molecule has 1 aromatic heterocycles. The van der Waals surface area contributed by atoms with Crippen LogP contribution in [0.3, 0.4) is 0 Å². The number of hydrogen-bond donors (Lipinski definition) is 0. The van der Waals surface area contributed by atoms with E-state index >= 15 is 4.39 Å². The van der Waals surface area contributed by atoms with Crippen molar-refractivity contribution in [3.63, 3.8) is 0 Å². The third kappa shape index (κ3) is 4.68. The number of nitriles is 1. The van der Waals surface area contributed by atoms with Gasteiger partial charge in [-0.15, -0.1) is 5.10 Å². The van der Waals surface area contributed by atoms with Gasteiger partial charge in [0.25, 0.3) is 0 Å². The lowest BCUT2D eigenvalue weighted by molar-refractivity contribution is -0.0375. The van der Waals surface area contributed by atoms with Crippen molar-refractivity contribution in [2.45, 2.75) is 44.8 Å². The molecule has 6 rings (SSSR count). The third-order valence-electron chi connectivity index (χ3n) is 7.80. The molecular formula is C33H30FN3O. The monoisotopic (exact) mass is 503 g/mol. The zero-order chi connectivity index (χ0) is 25.9. The first-order valence-electron chi connectivity index (χ1n) is 13.5. The van der Waals surface area contributed by atoms with Crippen LogP contribution in [0.5, 0.6) is 0 Å². The molecule has 0 amide bonds. The lowest BCUT2D eigenvalue weighted by Gasteiger charge is -2.31. The quantitative estimate of drug-likeness (QED) is 0.197. The summed E-state index contributed by atoms with van der Waals surface area (Å²) in [5, 5.41) is 13.7. The lowest BCUT2D eigenvalue weighted by Crippen LogP contribution is -2.19. The second-order valence-electron chi connectivity index (χ2n) is 10.2. The number of ether oxygens (including phenoxy) is 1. The van der Waals surface area contributed by atoms with Gasteiger partial charge in [-0.3, -0.25) is 0 Å². The fraction of sp³-hybridized carbons (Fsp3) is 0.273. The Kier molecular flexibility index (Phi) is 6.90. The van der Waals surface area contributed by atoms with E-state index in [2.05, 4.69) is 53.6 Å². The van der Waals surface area contributed by atoms with Crippen LogP contribution in [-0.4, -0.2) is 16.4 Å². The minimum atomic E-state index is -0.461. The van der Waals surface area contributed by atoms with Gasteiger partial charge in [-0.2, -0.15) is 9.65 Å². The van der Waals surface area contributed by atoms with Gasteiger partial charge in [0.15, 0.2) is 6.23 Å². The van der Waals surface area contributed by atoms with Gasteiger partial charge in [0.1, 0.15) is 0 Å². The molecule has 1 aliphatic carbocycles. The standard InChI is InChI=1S/C33H30FN3O/c34-33-28-22-27(18-19-29(28)37(36-33)30-13-4-5-21-38-30)32(26-16-14-23(15-17-26)8-7-20-35)31(25-11-6-12-25)24-9-2-1-3-10-24/h1-3,7-10,14-19,22,25,30H,4-6,11-13,21H2/b8-7+,32-31-. The maximum atomic E-state index is 15.3. The van der Waals surface area contributed by atoms with Gasteiger partial charge in [-0.25, -0.2) is 4.68 Å². The van der Waals surface area contributed by atoms with Crippen LogP contribution in [0.4, 0.5) is 4.39 Å². The summed E-state index contributed by atoms with van der Waals surface area (Å²) in [6, 6.07) is 26.9. The highest BCUT2D eigenvalue weighted by atomic mass is 19.1. The van der Waals surface area contributed by atoms with Gasteiger partial charge in [-0.05, 0) is 89.6 Å². The maximum Gasteiger partial charge on any atom is 0.240 e. The molecule has 1 atom stereocenters. The Morgan fingerprint density at radius 2 is 1.71 bits per heavy atom. The smallest absolute Gasteiger partial charge is 0.240 e. The van der Waals surface area contributed by atoms with E-state index in [9.17, 15) is 0 Å². The average Bonchev–Trinajstić information content (AvgIpc) is 3.28. The largest absolute Gasteiger partial charge is 0.356 e. The molecule has 1 aliphatic heterocycles. The molecular weight excluding hydrogens is 473 g/mol. The number of halogens is 1. The van der Waals surface area contributed by atoms with E-state index in [1.54, 1.807) is 10.8 Å². The second kappa shape index (κ2) is 10.8. The van der Waals surface area contributed by atoms with Crippen LogP contribution in [0.2, 0.25) is 0 Å². The predicted octanol–water partition coefficient (Wildman–Crippen LogP) is 8.17. The SMILES string of the molecule is N#C/C=C/c1ccc(/C(=C(\c2ccccc2)C2CCC2)c2ccc3c(c2)c(F)nn3C2CCCCO2)cc1. The molecule has 3 aromatic carbocycles. The number of hydrogen-bond acceptors (Lipinski definition) is 3. The van der Waals surface area contributed by atoms with Crippen molar-refractivity contribution in [3.8, 4) is 6.07 Å². The Balaban J connectivity index is 1.53. The number of nitrogens with zero attached hydrogens (tertiary/aromatic N) is 3. The summed E-state index contributed by atoms with van der Waals surface area (Å²) in [7, 11) is 0. The van der Waals surface area contributed by atoms with Crippen molar-refractivity contribution in [3.05, 3.63) is 107 Å². The summed E-state index contributed by atoms with van der Waals surface area (Å²) in [5.74, 6) is -0.0123. The topological polar surface area (TPSA) is 50.8 Å². The third-order valence-corrected chi connectivity index (χ3v) is 7.80. The average molecular weight is 504 g/mol. The Bertz CT molecular complexity index is 1530. The molecule has 4 nitrogen and oxygen atoms in total. The Morgan fingerprint density at radius 3 is 2.39 bits per heavy atom. The minimum Gasteiger partial charge on any atom is -0.356 e. The zero-order valence-corrected chi connectivity index (χ0v) is 21.3. The van der Waals surface area contributed by atoms with Crippen LogP contribution in [-0.2, 0) is 4.74 Å². The van der Waals surface area contributed by atoms with Crippen molar-refractivity contribution in [2.24, 2.45) is 5.92 Å². The maximum absolute atomic E-state index is 15.3. The lowest BCUT2D eigenvalue weighted by atomic mass is 9.73. The highest BCUT2D eigenvalue weighted by Crippen LogP contribution is 2.45. The van der Waals surface area contributed by atoms with E-state index in [-0.39, 0.29) is 6.23 Å². The van der Waals surface area contributed by atoms with E-state index in [1.165, 1.54) is 23.6 Å². The minimum absolute atomic E-state index is 0.222.